The van der Waals surface area contributed by atoms with Crippen LogP contribution < -0.4 is 9.68 Å². The molecule has 0 atom stereocenters. The second-order valence-corrected chi connectivity index (χ2v) is 5.62. The molecule has 0 fully saturated rings. The Balaban J connectivity index is 2.43. The summed E-state index contributed by atoms with van der Waals surface area (Å²) in [6.07, 6.45) is 0. The summed E-state index contributed by atoms with van der Waals surface area (Å²) in [4.78, 5) is 22.5. The third-order valence-corrected chi connectivity index (χ3v) is 2.99. The fourth-order valence-electron chi connectivity index (χ4n) is 1.20. The van der Waals surface area contributed by atoms with Crippen LogP contribution in [0.25, 0.3) is 10.3 Å². The molecule has 0 aliphatic carbocycles. The van der Waals surface area contributed by atoms with Crippen LogP contribution in [0.2, 0.25) is 0 Å². The van der Waals surface area contributed by atoms with Crippen LogP contribution in [-0.4, -0.2) is 5.97 Å². The summed E-state index contributed by atoms with van der Waals surface area (Å²) in [5.41, 5.74) is -0.143. The molecule has 0 aliphatic rings. The molecule has 17 heavy (non-hydrogen) atoms. The molecular weight excluding hydrogens is 240 g/mol. The lowest BCUT2D eigenvalue weighted by atomic mass is 9.97. The molecule has 2 aromatic rings. The van der Waals surface area contributed by atoms with E-state index in [2.05, 4.69) is 0 Å². The lowest BCUT2D eigenvalue weighted by molar-refractivity contribution is -0.142. The van der Waals surface area contributed by atoms with E-state index in [1.54, 1.807) is 39.0 Å². The third kappa shape index (κ3) is 2.39. The van der Waals surface area contributed by atoms with E-state index < -0.39 is 10.4 Å². The minimum Gasteiger partial charge on any atom is -0.424 e. The number of carbonyl (C=O) groups excluding carboxylic acids is 1. The van der Waals surface area contributed by atoms with Crippen molar-refractivity contribution in [1.29, 1.82) is 0 Å². The van der Waals surface area contributed by atoms with Crippen LogP contribution >= 0.6 is 11.3 Å². The minimum atomic E-state index is -0.586. The van der Waals surface area contributed by atoms with Gasteiger partial charge in [0, 0.05) is 0 Å². The van der Waals surface area contributed by atoms with Crippen molar-refractivity contribution in [3.05, 3.63) is 27.9 Å². The zero-order valence-electron chi connectivity index (χ0n) is 9.77. The van der Waals surface area contributed by atoms with Gasteiger partial charge in [-0.2, -0.15) is 0 Å². The summed E-state index contributed by atoms with van der Waals surface area (Å²) in [7, 11) is 0. The number of carbonyl (C=O) groups is 1. The molecule has 0 unspecified atom stereocenters. The van der Waals surface area contributed by atoms with E-state index in [0.717, 1.165) is 11.3 Å². The fourth-order valence-corrected chi connectivity index (χ4v) is 1.92. The zero-order chi connectivity index (χ0) is 12.6. The first-order valence-corrected chi connectivity index (χ1v) is 5.94. The van der Waals surface area contributed by atoms with E-state index in [1.807, 2.05) is 0 Å². The van der Waals surface area contributed by atoms with Gasteiger partial charge in [0.15, 0.2) is 11.3 Å². The summed E-state index contributed by atoms with van der Waals surface area (Å²) in [6.45, 7) is 5.31. The summed E-state index contributed by atoms with van der Waals surface area (Å²) >= 11 is 0.932. The standard InChI is InChI=1S/C12H12O4S/c1-12(2,3)10(13)15-7-5-4-6-8-9(7)17-11(14)16-8/h4-6H,1-3H3. The average Bonchev–Trinajstić information content (AvgIpc) is 2.58. The van der Waals surface area contributed by atoms with Gasteiger partial charge in [0.2, 0.25) is 0 Å². The Hall–Kier alpha value is -1.62. The first-order chi connectivity index (χ1) is 7.88. The lowest BCUT2D eigenvalue weighted by Crippen LogP contribution is -2.25. The molecule has 0 bridgehead atoms. The van der Waals surface area contributed by atoms with Crippen molar-refractivity contribution in [3.8, 4) is 5.75 Å². The maximum Gasteiger partial charge on any atom is 0.396 e. The average molecular weight is 252 g/mol. The molecule has 0 saturated heterocycles. The Morgan fingerprint density at radius 2 is 2.06 bits per heavy atom. The van der Waals surface area contributed by atoms with Crippen molar-refractivity contribution in [1.82, 2.24) is 0 Å². The monoisotopic (exact) mass is 252 g/mol. The molecule has 1 aromatic carbocycles. The number of fused-ring (bicyclic) bond motifs is 1. The van der Waals surface area contributed by atoms with Crippen LogP contribution in [0, 0.1) is 5.41 Å². The van der Waals surface area contributed by atoms with Crippen molar-refractivity contribution in [2.24, 2.45) is 5.41 Å². The molecule has 0 radical (unpaired) electrons. The predicted molar refractivity (Wildman–Crippen MR) is 65.5 cm³/mol. The molecule has 5 heteroatoms. The van der Waals surface area contributed by atoms with Crippen molar-refractivity contribution in [3.63, 3.8) is 0 Å². The quantitative estimate of drug-likeness (QED) is 0.578. The van der Waals surface area contributed by atoms with E-state index in [1.165, 1.54) is 0 Å². The number of esters is 1. The maximum atomic E-state index is 11.8. The van der Waals surface area contributed by atoms with Gasteiger partial charge in [0.05, 0.1) is 5.41 Å². The molecule has 0 spiro atoms. The lowest BCUT2D eigenvalue weighted by Gasteiger charge is -2.16. The smallest absolute Gasteiger partial charge is 0.396 e. The van der Waals surface area contributed by atoms with Gasteiger partial charge in [-0.25, -0.2) is 4.79 Å². The number of ether oxygens (including phenoxy) is 1. The number of benzene rings is 1. The number of hydrogen-bond acceptors (Lipinski definition) is 5. The highest BCUT2D eigenvalue weighted by molar-refractivity contribution is 7.16. The van der Waals surface area contributed by atoms with E-state index in [0.29, 0.717) is 16.0 Å². The molecule has 2 rings (SSSR count). The molecule has 1 aromatic heterocycles. The van der Waals surface area contributed by atoms with E-state index >= 15 is 0 Å². The van der Waals surface area contributed by atoms with Gasteiger partial charge in [0.25, 0.3) is 0 Å². The van der Waals surface area contributed by atoms with Crippen molar-refractivity contribution in [2.45, 2.75) is 20.8 Å². The first-order valence-electron chi connectivity index (χ1n) is 5.13. The maximum absolute atomic E-state index is 11.8. The Labute approximate surface area is 102 Å². The van der Waals surface area contributed by atoms with Crippen LogP contribution in [0.1, 0.15) is 20.8 Å². The second-order valence-electron chi connectivity index (χ2n) is 4.68. The highest BCUT2D eigenvalue weighted by Gasteiger charge is 2.24. The summed E-state index contributed by atoms with van der Waals surface area (Å²) in [5, 5.41) is 0. The van der Waals surface area contributed by atoms with Crippen molar-refractivity contribution < 1.29 is 13.9 Å². The van der Waals surface area contributed by atoms with Gasteiger partial charge in [0.1, 0.15) is 4.70 Å². The largest absolute Gasteiger partial charge is 0.424 e. The number of rotatable bonds is 1. The highest BCUT2D eigenvalue weighted by Crippen LogP contribution is 2.29. The molecule has 1 heterocycles. The SMILES string of the molecule is CC(C)(C)C(=O)Oc1cccc2oc(=O)sc12. The van der Waals surface area contributed by atoms with Crippen LogP contribution in [0.3, 0.4) is 0 Å². The third-order valence-electron chi connectivity index (χ3n) is 2.14. The van der Waals surface area contributed by atoms with Crippen LogP contribution in [0.5, 0.6) is 5.75 Å². The first kappa shape index (κ1) is 11.9. The topological polar surface area (TPSA) is 56.5 Å². The Kier molecular flexibility index (Phi) is 2.79. The van der Waals surface area contributed by atoms with E-state index in [9.17, 15) is 9.59 Å². The van der Waals surface area contributed by atoms with Crippen LogP contribution in [0.4, 0.5) is 0 Å². The summed E-state index contributed by atoms with van der Waals surface area (Å²) < 4.78 is 10.8. The molecule has 0 N–H and O–H groups in total. The van der Waals surface area contributed by atoms with E-state index in [4.69, 9.17) is 9.15 Å². The Morgan fingerprint density at radius 3 is 2.71 bits per heavy atom. The summed E-state index contributed by atoms with van der Waals surface area (Å²) in [5.74, 6) is 0.0316. The Bertz CT molecular complexity index is 615. The van der Waals surface area contributed by atoms with Gasteiger partial charge in [-0.1, -0.05) is 6.07 Å². The van der Waals surface area contributed by atoms with Gasteiger partial charge in [-0.05, 0) is 44.2 Å². The molecule has 4 nitrogen and oxygen atoms in total. The van der Waals surface area contributed by atoms with Crippen molar-refractivity contribution >= 4 is 27.6 Å². The van der Waals surface area contributed by atoms with Gasteiger partial charge < -0.3 is 9.15 Å². The van der Waals surface area contributed by atoms with Gasteiger partial charge in [-0.15, -0.1) is 0 Å². The highest BCUT2D eigenvalue weighted by atomic mass is 32.1. The molecule has 0 saturated carbocycles. The fraction of sp³-hybridized carbons (Fsp3) is 0.333. The predicted octanol–water partition coefficient (Wildman–Crippen LogP) is 2.81. The molecule has 0 amide bonds. The number of hydrogen-bond donors (Lipinski definition) is 0. The van der Waals surface area contributed by atoms with Crippen LogP contribution in [0.15, 0.2) is 27.4 Å². The van der Waals surface area contributed by atoms with Gasteiger partial charge >= 0.3 is 10.9 Å². The van der Waals surface area contributed by atoms with Crippen molar-refractivity contribution in [2.75, 3.05) is 0 Å². The molecule has 90 valence electrons. The minimum absolute atomic E-state index is 0.342. The van der Waals surface area contributed by atoms with E-state index in [-0.39, 0.29) is 5.97 Å². The zero-order valence-corrected chi connectivity index (χ0v) is 10.6. The second kappa shape index (κ2) is 4.00. The molecule has 0 aliphatic heterocycles. The Morgan fingerprint density at radius 1 is 1.35 bits per heavy atom. The normalized spacial score (nSPS) is 11.7. The van der Waals surface area contributed by atoms with Gasteiger partial charge in [-0.3, -0.25) is 4.79 Å². The molecular formula is C12H12O4S. The van der Waals surface area contributed by atoms with Crippen LogP contribution in [-0.2, 0) is 4.79 Å². The summed E-state index contributed by atoms with van der Waals surface area (Å²) in [6, 6.07) is 5.00.